The molecule has 0 bridgehead atoms. The van der Waals surface area contributed by atoms with Gasteiger partial charge in [0, 0.05) is 10.9 Å². The van der Waals surface area contributed by atoms with Crippen LogP contribution in [-0.2, 0) is 11.3 Å². The van der Waals surface area contributed by atoms with E-state index >= 15 is 0 Å². The van der Waals surface area contributed by atoms with Crippen LogP contribution in [0.2, 0.25) is 0 Å². The van der Waals surface area contributed by atoms with Crippen molar-refractivity contribution in [3.63, 3.8) is 0 Å². The van der Waals surface area contributed by atoms with Crippen LogP contribution in [0.25, 0.3) is 10.9 Å². The molecule has 4 rings (SSSR count). The normalized spacial score (nSPS) is 18.5. The van der Waals surface area contributed by atoms with Crippen molar-refractivity contribution in [2.75, 3.05) is 5.32 Å². The minimum absolute atomic E-state index is 0.0188. The molecule has 0 atom stereocenters. The Hall–Kier alpha value is -2.30. The molecule has 1 aliphatic heterocycles. The molecule has 2 heterocycles. The lowest BCUT2D eigenvalue weighted by Gasteiger charge is -2.22. The van der Waals surface area contributed by atoms with Gasteiger partial charge in [0.05, 0.1) is 11.1 Å². The van der Waals surface area contributed by atoms with Gasteiger partial charge >= 0.3 is 5.97 Å². The first-order valence-electron chi connectivity index (χ1n) is 7.84. The molecule has 5 heteroatoms. The fourth-order valence-electron chi connectivity index (χ4n) is 3.93. The zero-order valence-electron chi connectivity index (χ0n) is 12.3. The summed E-state index contributed by atoms with van der Waals surface area (Å²) in [7, 11) is 0. The number of aromatic carboxylic acids is 1. The zero-order valence-corrected chi connectivity index (χ0v) is 12.3. The number of aromatic nitrogens is 1. The predicted octanol–water partition coefficient (Wildman–Crippen LogP) is 3.34. The largest absolute Gasteiger partial charge is 0.478 e. The number of benzene rings is 1. The first-order valence-corrected chi connectivity index (χ1v) is 7.84. The van der Waals surface area contributed by atoms with E-state index in [4.69, 9.17) is 0 Å². The molecule has 0 unspecified atom stereocenters. The van der Waals surface area contributed by atoms with E-state index in [2.05, 4.69) is 5.32 Å². The topological polar surface area (TPSA) is 71.3 Å². The highest BCUT2D eigenvalue weighted by Gasteiger charge is 2.30. The number of carboxylic acids is 1. The number of nitrogens with zero attached hydrogens (tertiary/aromatic N) is 1. The van der Waals surface area contributed by atoms with Crippen molar-refractivity contribution in [1.29, 1.82) is 0 Å². The van der Waals surface area contributed by atoms with Crippen LogP contribution < -0.4 is 5.32 Å². The van der Waals surface area contributed by atoms with Crippen LogP contribution >= 0.6 is 0 Å². The van der Waals surface area contributed by atoms with Gasteiger partial charge in [-0.15, -0.1) is 0 Å². The smallest absolute Gasteiger partial charge is 0.335 e. The summed E-state index contributed by atoms with van der Waals surface area (Å²) < 4.78 is 1.94. The number of hydrogen-bond donors (Lipinski definition) is 2. The summed E-state index contributed by atoms with van der Waals surface area (Å²) in [6, 6.07) is 5.25. The maximum absolute atomic E-state index is 11.8. The lowest BCUT2D eigenvalue weighted by Crippen LogP contribution is -2.10. The van der Waals surface area contributed by atoms with Gasteiger partial charge in [0.25, 0.3) is 0 Å². The highest BCUT2D eigenvalue weighted by molar-refractivity contribution is 6.04. The Kier molecular flexibility index (Phi) is 2.96. The number of carbonyl (C=O) groups excluding carboxylic acids is 1. The van der Waals surface area contributed by atoms with E-state index in [1.54, 1.807) is 12.1 Å². The van der Waals surface area contributed by atoms with E-state index in [0.29, 0.717) is 5.92 Å². The van der Waals surface area contributed by atoms with E-state index < -0.39 is 5.97 Å². The molecule has 0 radical (unpaired) electrons. The van der Waals surface area contributed by atoms with E-state index in [1.807, 2.05) is 10.6 Å². The highest BCUT2D eigenvalue weighted by Crippen LogP contribution is 2.44. The second kappa shape index (κ2) is 4.87. The van der Waals surface area contributed by atoms with Gasteiger partial charge in [-0.25, -0.2) is 4.79 Å². The number of rotatable bonds is 2. The van der Waals surface area contributed by atoms with Crippen molar-refractivity contribution in [2.24, 2.45) is 0 Å². The molecule has 0 saturated heterocycles. The van der Waals surface area contributed by atoms with Crippen molar-refractivity contribution in [3.8, 4) is 0 Å². The minimum atomic E-state index is -0.936. The van der Waals surface area contributed by atoms with Gasteiger partial charge in [-0.1, -0.05) is 25.3 Å². The lowest BCUT2D eigenvalue weighted by molar-refractivity contribution is -0.115. The van der Waals surface area contributed by atoms with Gasteiger partial charge in [-0.2, -0.15) is 0 Å². The quantitative estimate of drug-likeness (QED) is 0.893. The molecule has 1 aliphatic carbocycles. The van der Waals surface area contributed by atoms with Gasteiger partial charge in [0.1, 0.15) is 12.4 Å². The second-order valence-electron chi connectivity index (χ2n) is 6.27. The number of hydrogen-bond acceptors (Lipinski definition) is 2. The van der Waals surface area contributed by atoms with E-state index in [-0.39, 0.29) is 18.0 Å². The predicted molar refractivity (Wildman–Crippen MR) is 83.4 cm³/mol. The molecule has 2 N–H and O–H groups in total. The fourth-order valence-corrected chi connectivity index (χ4v) is 3.93. The molecule has 1 fully saturated rings. The summed E-state index contributed by atoms with van der Waals surface area (Å²) in [5.74, 6) is 0.389. The van der Waals surface area contributed by atoms with Gasteiger partial charge in [0.15, 0.2) is 0 Å². The summed E-state index contributed by atoms with van der Waals surface area (Å²) in [6.07, 6.45) is 6.00. The standard InChI is InChI=1S/C17H18N2O3/c20-14-9-19-13-8-11(17(21)22)6-7-12(13)15(16(19)18-14)10-4-2-1-3-5-10/h6-8,10H,1-5,9H2,(H,18,20)(H,21,22). The molecule has 2 aromatic rings. The van der Waals surface area contributed by atoms with E-state index in [9.17, 15) is 14.7 Å². The third-order valence-electron chi connectivity index (χ3n) is 4.92. The summed E-state index contributed by atoms with van der Waals surface area (Å²) in [6.45, 7) is 0.279. The van der Waals surface area contributed by atoms with Gasteiger partial charge in [-0.05, 0) is 30.9 Å². The van der Waals surface area contributed by atoms with Gasteiger partial charge in [0.2, 0.25) is 5.91 Å². The Labute approximate surface area is 127 Å². The number of nitrogens with one attached hydrogen (secondary N) is 1. The number of carboxylic acid groups (broad SMARTS) is 1. The van der Waals surface area contributed by atoms with Crippen LogP contribution in [0, 0.1) is 0 Å². The summed E-state index contributed by atoms with van der Waals surface area (Å²) in [4.78, 5) is 23.0. The Bertz CT molecular complexity index is 785. The third-order valence-corrected chi connectivity index (χ3v) is 4.92. The van der Waals surface area contributed by atoms with Crippen LogP contribution in [0.15, 0.2) is 18.2 Å². The molecule has 5 nitrogen and oxygen atoms in total. The average Bonchev–Trinajstić information content (AvgIpc) is 3.02. The molecule has 114 valence electrons. The van der Waals surface area contributed by atoms with Crippen molar-refractivity contribution in [3.05, 3.63) is 29.3 Å². The van der Waals surface area contributed by atoms with Crippen molar-refractivity contribution in [1.82, 2.24) is 4.57 Å². The number of carbonyl (C=O) groups is 2. The van der Waals surface area contributed by atoms with Crippen molar-refractivity contribution < 1.29 is 14.7 Å². The maximum atomic E-state index is 11.8. The summed E-state index contributed by atoms with van der Waals surface area (Å²) >= 11 is 0. The Morgan fingerprint density at radius 3 is 2.73 bits per heavy atom. The first kappa shape index (κ1) is 13.4. The molecular weight excluding hydrogens is 280 g/mol. The molecule has 2 aliphatic rings. The molecular formula is C17H18N2O3. The average molecular weight is 298 g/mol. The minimum Gasteiger partial charge on any atom is -0.478 e. The second-order valence-corrected chi connectivity index (χ2v) is 6.27. The third kappa shape index (κ3) is 1.92. The molecule has 1 amide bonds. The lowest BCUT2D eigenvalue weighted by atomic mass is 9.83. The summed E-state index contributed by atoms with van der Waals surface area (Å²) in [5, 5.41) is 13.3. The Morgan fingerprint density at radius 2 is 2.00 bits per heavy atom. The Morgan fingerprint density at radius 1 is 1.23 bits per heavy atom. The monoisotopic (exact) mass is 298 g/mol. The fraction of sp³-hybridized carbons (Fsp3) is 0.412. The van der Waals surface area contributed by atoms with Gasteiger partial charge in [-0.3, -0.25) is 4.79 Å². The Balaban J connectivity index is 1.93. The summed E-state index contributed by atoms with van der Waals surface area (Å²) in [5.41, 5.74) is 2.33. The van der Waals surface area contributed by atoms with Crippen LogP contribution in [0.4, 0.5) is 5.82 Å². The first-order chi connectivity index (χ1) is 10.6. The van der Waals surface area contributed by atoms with Crippen LogP contribution in [-0.4, -0.2) is 21.6 Å². The zero-order chi connectivity index (χ0) is 15.3. The van der Waals surface area contributed by atoms with Crippen molar-refractivity contribution >= 4 is 28.6 Å². The molecule has 1 aromatic heterocycles. The van der Waals surface area contributed by atoms with Crippen LogP contribution in [0.5, 0.6) is 0 Å². The molecule has 1 saturated carbocycles. The van der Waals surface area contributed by atoms with Gasteiger partial charge < -0.3 is 15.0 Å². The molecule has 22 heavy (non-hydrogen) atoms. The number of fused-ring (bicyclic) bond motifs is 3. The van der Waals surface area contributed by atoms with Crippen molar-refractivity contribution in [2.45, 2.75) is 44.6 Å². The number of anilines is 1. The van der Waals surface area contributed by atoms with E-state index in [1.165, 1.54) is 24.8 Å². The highest BCUT2D eigenvalue weighted by atomic mass is 16.4. The molecule has 1 aromatic carbocycles. The molecule has 0 spiro atoms. The van der Waals surface area contributed by atoms with E-state index in [0.717, 1.165) is 29.6 Å². The maximum Gasteiger partial charge on any atom is 0.335 e. The SMILES string of the molecule is O=C1Cn2c(c(C3CCCCC3)c3ccc(C(=O)O)cc32)N1. The number of amides is 1. The van der Waals surface area contributed by atoms with Crippen LogP contribution in [0.3, 0.4) is 0 Å². The van der Waals surface area contributed by atoms with Crippen LogP contribution in [0.1, 0.15) is 53.9 Å².